The lowest BCUT2D eigenvalue weighted by atomic mass is 9.84. The smallest absolute Gasteiger partial charge is 0.228 e. The molecule has 0 bridgehead atoms. The molecule has 1 saturated carbocycles. The van der Waals surface area contributed by atoms with E-state index < -0.39 is 0 Å². The predicted octanol–water partition coefficient (Wildman–Crippen LogP) is 4.02. The Hall–Kier alpha value is -3.02. The van der Waals surface area contributed by atoms with Gasteiger partial charge >= 0.3 is 0 Å². The minimum Gasteiger partial charge on any atom is -0.346 e. The lowest BCUT2D eigenvalue weighted by Gasteiger charge is -2.24. The van der Waals surface area contributed by atoms with E-state index in [9.17, 15) is 4.79 Å². The van der Waals surface area contributed by atoms with E-state index in [4.69, 9.17) is 0 Å². The summed E-state index contributed by atoms with van der Waals surface area (Å²) in [7, 11) is 0. The first-order valence-corrected chi connectivity index (χ1v) is 9.90. The second kappa shape index (κ2) is 8.33. The molecule has 6 nitrogen and oxygen atoms in total. The summed E-state index contributed by atoms with van der Waals surface area (Å²) in [6, 6.07) is 13.6. The van der Waals surface area contributed by atoms with Crippen molar-refractivity contribution >= 4 is 5.91 Å². The van der Waals surface area contributed by atoms with Crippen LogP contribution in [0.2, 0.25) is 0 Å². The third kappa shape index (κ3) is 3.96. The molecule has 0 spiro atoms. The molecule has 1 aliphatic carbocycles. The van der Waals surface area contributed by atoms with Gasteiger partial charge in [0.2, 0.25) is 5.91 Å². The molecular weight excluding hydrogens is 350 g/mol. The Kier molecular flexibility index (Phi) is 5.46. The van der Waals surface area contributed by atoms with E-state index in [1.807, 2.05) is 37.3 Å². The Labute approximate surface area is 164 Å². The quantitative estimate of drug-likeness (QED) is 0.682. The van der Waals surface area contributed by atoms with E-state index in [0.717, 1.165) is 24.0 Å². The van der Waals surface area contributed by atoms with Crippen LogP contribution >= 0.6 is 0 Å². The van der Waals surface area contributed by atoms with Crippen molar-refractivity contribution in [2.24, 2.45) is 5.92 Å². The summed E-state index contributed by atoms with van der Waals surface area (Å²) in [6.07, 6.45) is 8.05. The minimum atomic E-state index is -0.252. The van der Waals surface area contributed by atoms with Crippen LogP contribution in [0.1, 0.15) is 56.0 Å². The molecule has 0 aliphatic heterocycles. The number of pyridine rings is 1. The highest BCUT2D eigenvalue weighted by Gasteiger charge is 2.32. The van der Waals surface area contributed by atoms with Crippen LogP contribution in [-0.4, -0.2) is 26.1 Å². The molecule has 1 fully saturated rings. The zero-order valence-electron chi connectivity index (χ0n) is 16.0. The van der Waals surface area contributed by atoms with Gasteiger partial charge in [0.1, 0.15) is 5.82 Å². The van der Waals surface area contributed by atoms with Crippen LogP contribution in [0.4, 0.5) is 0 Å². The Bertz CT molecular complexity index is 903. The highest BCUT2D eigenvalue weighted by Crippen LogP contribution is 2.37. The van der Waals surface area contributed by atoms with Crippen LogP contribution in [0, 0.1) is 5.92 Å². The Morgan fingerprint density at radius 3 is 2.64 bits per heavy atom. The van der Waals surface area contributed by atoms with Crippen molar-refractivity contribution in [1.29, 1.82) is 0 Å². The van der Waals surface area contributed by atoms with E-state index in [1.54, 1.807) is 12.4 Å². The Morgan fingerprint density at radius 1 is 1.14 bits per heavy atom. The fourth-order valence-electron chi connectivity index (χ4n) is 4.05. The Balaban J connectivity index is 1.50. The summed E-state index contributed by atoms with van der Waals surface area (Å²) in [5.74, 6) is 1.57. The molecule has 2 atom stereocenters. The number of H-pyrrole nitrogens is 1. The highest BCUT2D eigenvalue weighted by molar-refractivity contribution is 5.84. The first-order valence-electron chi connectivity index (χ1n) is 9.90. The van der Waals surface area contributed by atoms with Crippen molar-refractivity contribution < 1.29 is 4.79 Å². The summed E-state index contributed by atoms with van der Waals surface area (Å²) < 4.78 is 0. The molecule has 1 aliphatic rings. The first-order chi connectivity index (χ1) is 13.7. The van der Waals surface area contributed by atoms with Gasteiger partial charge in [0, 0.05) is 18.0 Å². The van der Waals surface area contributed by atoms with Gasteiger partial charge in [-0.25, -0.2) is 4.98 Å². The number of carbonyl (C=O) groups excluding carboxylic acids is 1. The topological polar surface area (TPSA) is 83.6 Å². The largest absolute Gasteiger partial charge is 0.346 e. The van der Waals surface area contributed by atoms with Crippen LogP contribution < -0.4 is 5.32 Å². The third-order valence-corrected chi connectivity index (χ3v) is 5.50. The van der Waals surface area contributed by atoms with Crippen LogP contribution in [0.5, 0.6) is 0 Å². The van der Waals surface area contributed by atoms with Crippen molar-refractivity contribution in [2.45, 2.75) is 44.6 Å². The second-order valence-electron chi connectivity index (χ2n) is 7.45. The van der Waals surface area contributed by atoms with Gasteiger partial charge in [-0.1, -0.05) is 43.2 Å². The van der Waals surface area contributed by atoms with Gasteiger partial charge in [-0.15, -0.1) is 0 Å². The number of rotatable bonds is 6. The fraction of sp³-hybridized carbons (Fsp3) is 0.364. The molecule has 0 unspecified atom stereocenters. The number of hydrogen-bond acceptors (Lipinski definition) is 4. The molecule has 0 saturated heterocycles. The lowest BCUT2D eigenvalue weighted by molar-refractivity contribution is -0.124. The van der Waals surface area contributed by atoms with Crippen LogP contribution in [0.15, 0.2) is 54.9 Å². The molecular formula is C22H25N5O. The fourth-order valence-corrected chi connectivity index (χ4v) is 4.05. The van der Waals surface area contributed by atoms with Crippen molar-refractivity contribution in [3.8, 4) is 11.4 Å². The number of aromatic nitrogens is 4. The molecule has 1 amide bonds. The van der Waals surface area contributed by atoms with Gasteiger partial charge in [0.25, 0.3) is 0 Å². The van der Waals surface area contributed by atoms with Crippen molar-refractivity contribution in [1.82, 2.24) is 25.5 Å². The molecule has 2 aromatic heterocycles. The molecule has 1 aromatic carbocycles. The minimum absolute atomic E-state index is 0.0601. The third-order valence-electron chi connectivity index (χ3n) is 5.50. The monoisotopic (exact) mass is 375 g/mol. The SMILES string of the molecule is C[C@H](NC(=O)[C@H](c1ccccc1)C1CCCC1)c1nc(-c2cccnc2)n[nH]1. The number of carbonyl (C=O) groups is 1. The van der Waals surface area contributed by atoms with E-state index in [0.29, 0.717) is 17.6 Å². The average Bonchev–Trinajstić information content (AvgIpc) is 3.42. The van der Waals surface area contributed by atoms with Gasteiger partial charge in [0.05, 0.1) is 12.0 Å². The van der Waals surface area contributed by atoms with Crippen molar-refractivity contribution in [2.75, 3.05) is 0 Å². The van der Waals surface area contributed by atoms with Gasteiger partial charge in [0.15, 0.2) is 5.82 Å². The van der Waals surface area contributed by atoms with E-state index in [-0.39, 0.29) is 17.9 Å². The normalized spacial score (nSPS) is 16.6. The molecule has 2 heterocycles. The van der Waals surface area contributed by atoms with E-state index in [1.165, 1.54) is 12.8 Å². The van der Waals surface area contributed by atoms with Crippen molar-refractivity contribution in [3.05, 3.63) is 66.2 Å². The molecule has 4 rings (SSSR count). The molecule has 144 valence electrons. The molecule has 28 heavy (non-hydrogen) atoms. The Morgan fingerprint density at radius 2 is 1.93 bits per heavy atom. The number of aromatic amines is 1. The predicted molar refractivity (Wildman–Crippen MR) is 107 cm³/mol. The summed E-state index contributed by atoms with van der Waals surface area (Å²) >= 11 is 0. The van der Waals surface area contributed by atoms with E-state index in [2.05, 4.69) is 37.6 Å². The standard InChI is InChI=1S/C22H25N5O/c1-15(20-25-21(27-26-20)18-12-7-13-23-14-18)24-22(28)19(17-10-5-6-11-17)16-8-3-2-4-9-16/h2-4,7-9,12-15,17,19H,5-6,10-11H2,1H3,(H,24,28)(H,25,26,27)/t15-,19+/m0/s1. The number of benzene rings is 1. The summed E-state index contributed by atoms with van der Waals surface area (Å²) in [6.45, 7) is 1.93. The first kappa shape index (κ1) is 18.3. The lowest BCUT2D eigenvalue weighted by Crippen LogP contribution is -2.35. The summed E-state index contributed by atoms with van der Waals surface area (Å²) in [5.41, 5.74) is 1.93. The maximum absolute atomic E-state index is 13.2. The van der Waals surface area contributed by atoms with Crippen molar-refractivity contribution in [3.63, 3.8) is 0 Å². The molecule has 6 heteroatoms. The highest BCUT2D eigenvalue weighted by atomic mass is 16.2. The average molecular weight is 375 g/mol. The number of hydrogen-bond donors (Lipinski definition) is 2. The zero-order chi connectivity index (χ0) is 19.3. The molecule has 3 aromatic rings. The molecule has 2 N–H and O–H groups in total. The maximum Gasteiger partial charge on any atom is 0.228 e. The summed E-state index contributed by atoms with van der Waals surface area (Å²) in [4.78, 5) is 21.9. The number of amides is 1. The zero-order valence-corrected chi connectivity index (χ0v) is 16.0. The number of nitrogens with one attached hydrogen (secondary N) is 2. The van der Waals surface area contributed by atoms with Crippen LogP contribution in [0.3, 0.4) is 0 Å². The number of nitrogens with zero attached hydrogens (tertiary/aromatic N) is 3. The van der Waals surface area contributed by atoms with Gasteiger partial charge < -0.3 is 5.32 Å². The summed E-state index contributed by atoms with van der Waals surface area (Å²) in [5, 5.41) is 10.4. The van der Waals surface area contributed by atoms with Crippen LogP contribution in [-0.2, 0) is 4.79 Å². The van der Waals surface area contributed by atoms with Crippen LogP contribution in [0.25, 0.3) is 11.4 Å². The van der Waals surface area contributed by atoms with E-state index >= 15 is 0 Å². The maximum atomic E-state index is 13.2. The molecule has 0 radical (unpaired) electrons. The van der Waals surface area contributed by atoms with Gasteiger partial charge in [-0.05, 0) is 43.4 Å². The second-order valence-corrected chi connectivity index (χ2v) is 7.45. The van der Waals surface area contributed by atoms with Gasteiger partial charge in [-0.3, -0.25) is 14.9 Å². The van der Waals surface area contributed by atoms with Gasteiger partial charge in [-0.2, -0.15) is 5.10 Å².